The van der Waals surface area contributed by atoms with E-state index in [1.54, 1.807) is 18.2 Å². The third-order valence-corrected chi connectivity index (χ3v) is 6.47. The van der Waals surface area contributed by atoms with Gasteiger partial charge in [-0.2, -0.15) is 0 Å². The van der Waals surface area contributed by atoms with Crippen LogP contribution in [0.3, 0.4) is 0 Å². The quantitative estimate of drug-likeness (QED) is 0.611. The maximum absolute atomic E-state index is 12.6. The molecule has 7 nitrogen and oxygen atoms in total. The van der Waals surface area contributed by atoms with Gasteiger partial charge in [0.05, 0.1) is 4.90 Å². The zero-order valence-electron chi connectivity index (χ0n) is 17.1. The molecule has 1 aliphatic heterocycles. The van der Waals surface area contributed by atoms with Crippen molar-refractivity contribution in [2.75, 3.05) is 11.5 Å². The predicted molar refractivity (Wildman–Crippen MR) is 117 cm³/mol. The Hall–Kier alpha value is -3.52. The third-order valence-electron chi connectivity index (χ3n) is 5.08. The Morgan fingerprint density at radius 3 is 2.39 bits per heavy atom. The van der Waals surface area contributed by atoms with Crippen LogP contribution in [-0.2, 0) is 16.6 Å². The normalized spacial score (nSPS) is 12.5. The van der Waals surface area contributed by atoms with Crippen molar-refractivity contribution in [2.45, 2.75) is 25.3 Å². The highest BCUT2D eigenvalue weighted by atomic mass is 32.2. The molecule has 0 unspecified atom stereocenters. The second kappa shape index (κ2) is 8.31. The smallest absolute Gasteiger partial charge is 0.261 e. The van der Waals surface area contributed by atoms with Gasteiger partial charge in [0.2, 0.25) is 6.79 Å². The van der Waals surface area contributed by atoms with Gasteiger partial charge in [-0.25, -0.2) is 8.42 Å². The van der Waals surface area contributed by atoms with Crippen LogP contribution in [0.1, 0.15) is 27.0 Å². The molecule has 0 spiro atoms. The molecule has 4 rings (SSSR count). The van der Waals surface area contributed by atoms with Gasteiger partial charge in [0.15, 0.2) is 11.5 Å². The van der Waals surface area contributed by atoms with Crippen LogP contribution in [0.5, 0.6) is 11.5 Å². The number of amides is 1. The van der Waals surface area contributed by atoms with Gasteiger partial charge in [-0.15, -0.1) is 0 Å². The van der Waals surface area contributed by atoms with Gasteiger partial charge in [0.1, 0.15) is 0 Å². The SMILES string of the molecule is Cc1ccc(NS(=O)(=O)c2ccc(C(=O)NCc3ccc4c(c3)OCO4)cc2)cc1C. The van der Waals surface area contributed by atoms with E-state index < -0.39 is 10.0 Å². The molecule has 8 heteroatoms. The molecule has 1 aliphatic rings. The van der Waals surface area contributed by atoms with E-state index in [0.29, 0.717) is 29.3 Å². The Morgan fingerprint density at radius 2 is 1.65 bits per heavy atom. The molecule has 1 heterocycles. The minimum atomic E-state index is -3.75. The number of benzene rings is 3. The molecule has 0 aliphatic carbocycles. The fraction of sp³-hybridized carbons (Fsp3) is 0.174. The third kappa shape index (κ3) is 4.64. The van der Waals surface area contributed by atoms with E-state index in [9.17, 15) is 13.2 Å². The maximum Gasteiger partial charge on any atom is 0.261 e. The Labute approximate surface area is 181 Å². The summed E-state index contributed by atoms with van der Waals surface area (Å²) in [4.78, 5) is 12.5. The molecular formula is C23H22N2O5S. The van der Waals surface area contributed by atoms with E-state index in [1.165, 1.54) is 24.3 Å². The Balaban J connectivity index is 1.40. The largest absolute Gasteiger partial charge is 0.454 e. The summed E-state index contributed by atoms with van der Waals surface area (Å²) >= 11 is 0. The lowest BCUT2D eigenvalue weighted by molar-refractivity contribution is 0.0950. The van der Waals surface area contributed by atoms with Crippen molar-refractivity contribution in [3.63, 3.8) is 0 Å². The number of aryl methyl sites for hydroxylation is 2. The van der Waals surface area contributed by atoms with Crippen molar-refractivity contribution < 1.29 is 22.7 Å². The van der Waals surface area contributed by atoms with Crippen LogP contribution in [0.25, 0.3) is 0 Å². The van der Waals surface area contributed by atoms with Gasteiger partial charge in [-0.3, -0.25) is 9.52 Å². The van der Waals surface area contributed by atoms with Crippen LogP contribution in [-0.4, -0.2) is 21.1 Å². The summed E-state index contributed by atoms with van der Waals surface area (Å²) in [6.07, 6.45) is 0. The molecule has 3 aromatic carbocycles. The number of carbonyl (C=O) groups is 1. The topological polar surface area (TPSA) is 93.7 Å². The second-order valence-electron chi connectivity index (χ2n) is 7.30. The Bertz CT molecular complexity index is 1240. The minimum Gasteiger partial charge on any atom is -0.454 e. The van der Waals surface area contributed by atoms with Crippen molar-refractivity contribution in [3.8, 4) is 11.5 Å². The molecule has 31 heavy (non-hydrogen) atoms. The fourth-order valence-electron chi connectivity index (χ4n) is 3.14. The van der Waals surface area contributed by atoms with Crippen LogP contribution in [0.4, 0.5) is 5.69 Å². The molecule has 1 amide bonds. The average Bonchev–Trinajstić information content (AvgIpc) is 3.22. The van der Waals surface area contributed by atoms with E-state index in [-0.39, 0.29) is 17.6 Å². The molecule has 0 radical (unpaired) electrons. The highest BCUT2D eigenvalue weighted by molar-refractivity contribution is 7.92. The van der Waals surface area contributed by atoms with Crippen LogP contribution < -0.4 is 19.5 Å². The zero-order valence-corrected chi connectivity index (χ0v) is 18.0. The first kappa shape index (κ1) is 20.7. The lowest BCUT2D eigenvalue weighted by Crippen LogP contribution is -2.23. The molecule has 160 valence electrons. The number of ether oxygens (including phenoxy) is 2. The Kier molecular flexibility index (Phi) is 5.56. The monoisotopic (exact) mass is 438 g/mol. The number of fused-ring (bicyclic) bond motifs is 1. The summed E-state index contributed by atoms with van der Waals surface area (Å²) in [6, 6.07) is 16.6. The summed E-state index contributed by atoms with van der Waals surface area (Å²) < 4.78 is 38.5. The van der Waals surface area contributed by atoms with E-state index in [4.69, 9.17) is 9.47 Å². The van der Waals surface area contributed by atoms with Crippen molar-refractivity contribution in [1.82, 2.24) is 5.32 Å². The number of sulfonamides is 1. The minimum absolute atomic E-state index is 0.0815. The first-order chi connectivity index (χ1) is 14.8. The zero-order chi connectivity index (χ0) is 22.0. The second-order valence-corrected chi connectivity index (χ2v) is 8.98. The molecule has 0 atom stereocenters. The maximum atomic E-state index is 12.6. The van der Waals surface area contributed by atoms with Gasteiger partial charge in [-0.1, -0.05) is 12.1 Å². The average molecular weight is 439 g/mol. The van der Waals surface area contributed by atoms with E-state index >= 15 is 0 Å². The van der Waals surface area contributed by atoms with Crippen molar-refractivity contribution in [3.05, 3.63) is 82.9 Å². The molecule has 0 bridgehead atoms. The lowest BCUT2D eigenvalue weighted by Gasteiger charge is -2.11. The number of nitrogens with one attached hydrogen (secondary N) is 2. The number of carbonyl (C=O) groups excluding carboxylic acids is 1. The van der Waals surface area contributed by atoms with Crippen LogP contribution in [0, 0.1) is 13.8 Å². The number of rotatable bonds is 6. The first-order valence-corrected chi connectivity index (χ1v) is 11.2. The standard InChI is InChI=1S/C23H22N2O5S/c1-15-3-7-19(11-16(15)2)25-31(27,28)20-8-5-18(6-9-20)23(26)24-13-17-4-10-21-22(12-17)30-14-29-21/h3-12,25H,13-14H2,1-2H3,(H,24,26). The molecule has 3 aromatic rings. The summed E-state index contributed by atoms with van der Waals surface area (Å²) in [6.45, 7) is 4.39. The summed E-state index contributed by atoms with van der Waals surface area (Å²) in [7, 11) is -3.75. The molecule has 0 saturated carbocycles. The van der Waals surface area contributed by atoms with Gasteiger partial charge >= 0.3 is 0 Å². The highest BCUT2D eigenvalue weighted by Crippen LogP contribution is 2.32. The van der Waals surface area contributed by atoms with Gasteiger partial charge in [-0.05, 0) is 79.1 Å². The lowest BCUT2D eigenvalue weighted by atomic mass is 10.1. The fourth-order valence-corrected chi connectivity index (χ4v) is 4.19. The van der Waals surface area contributed by atoms with Crippen LogP contribution in [0.2, 0.25) is 0 Å². The van der Waals surface area contributed by atoms with E-state index in [0.717, 1.165) is 16.7 Å². The number of hydrogen-bond donors (Lipinski definition) is 2. The van der Waals surface area contributed by atoms with E-state index in [1.807, 2.05) is 32.0 Å². The number of anilines is 1. The first-order valence-electron chi connectivity index (χ1n) is 9.69. The summed E-state index contributed by atoms with van der Waals surface area (Å²) in [5, 5.41) is 2.82. The van der Waals surface area contributed by atoms with Crippen molar-refractivity contribution in [1.29, 1.82) is 0 Å². The summed E-state index contributed by atoms with van der Waals surface area (Å²) in [5.41, 5.74) is 3.81. The van der Waals surface area contributed by atoms with Gasteiger partial charge in [0.25, 0.3) is 15.9 Å². The molecule has 2 N–H and O–H groups in total. The van der Waals surface area contributed by atoms with Crippen molar-refractivity contribution in [2.24, 2.45) is 0 Å². The van der Waals surface area contributed by atoms with Crippen molar-refractivity contribution >= 4 is 21.6 Å². The molecule has 0 saturated heterocycles. The molecule has 0 aromatic heterocycles. The Morgan fingerprint density at radius 1 is 0.903 bits per heavy atom. The highest BCUT2D eigenvalue weighted by Gasteiger charge is 2.16. The number of hydrogen-bond acceptors (Lipinski definition) is 5. The van der Waals surface area contributed by atoms with Crippen LogP contribution in [0.15, 0.2) is 65.6 Å². The predicted octanol–water partition coefficient (Wildman–Crippen LogP) is 3.76. The van der Waals surface area contributed by atoms with Crippen LogP contribution >= 0.6 is 0 Å². The summed E-state index contributed by atoms with van der Waals surface area (Å²) in [5.74, 6) is 1.03. The molecular weight excluding hydrogens is 416 g/mol. The van der Waals surface area contributed by atoms with Gasteiger partial charge in [0, 0.05) is 17.8 Å². The van der Waals surface area contributed by atoms with Gasteiger partial charge < -0.3 is 14.8 Å². The molecule has 0 fully saturated rings. The van der Waals surface area contributed by atoms with E-state index in [2.05, 4.69) is 10.0 Å².